The number of hydrogen-bond acceptors (Lipinski definition) is 3. The van der Waals surface area contributed by atoms with Crippen molar-refractivity contribution in [3.63, 3.8) is 0 Å². The molecule has 3 nitrogen and oxygen atoms in total. The van der Waals surface area contributed by atoms with Gasteiger partial charge >= 0.3 is 12.4 Å². The number of rotatable bonds is 5. The highest BCUT2D eigenvalue weighted by atomic mass is 19.4. The molecule has 114 valence electrons. The standard InChI is InChI=1S/C11H12F6N2O/c1-2-18-5-7-3-4-19-6-8(7)20-9(10(12,13)14)11(15,16)17/h3-4,6,9,18H,2,5H2,1H3. The van der Waals surface area contributed by atoms with E-state index in [1.165, 1.54) is 12.3 Å². The van der Waals surface area contributed by atoms with Gasteiger partial charge in [-0.3, -0.25) is 4.98 Å². The SMILES string of the molecule is CCNCc1ccncc1OC(C(F)(F)F)C(F)(F)F. The van der Waals surface area contributed by atoms with Gasteiger partial charge in [0, 0.05) is 18.3 Å². The predicted octanol–water partition coefficient (Wildman–Crippen LogP) is 3.06. The summed E-state index contributed by atoms with van der Waals surface area (Å²) in [5, 5.41) is 2.79. The number of alkyl halides is 6. The van der Waals surface area contributed by atoms with Gasteiger partial charge in [0.25, 0.3) is 6.10 Å². The van der Waals surface area contributed by atoms with Crippen LogP contribution in [0.1, 0.15) is 12.5 Å². The van der Waals surface area contributed by atoms with E-state index in [1.807, 2.05) is 0 Å². The second-order valence-corrected chi connectivity index (χ2v) is 3.84. The maximum absolute atomic E-state index is 12.4. The number of pyridine rings is 1. The summed E-state index contributed by atoms with van der Waals surface area (Å²) in [5.41, 5.74) is 0.167. The Morgan fingerprint density at radius 2 is 1.80 bits per heavy atom. The second-order valence-electron chi connectivity index (χ2n) is 3.84. The lowest BCUT2D eigenvalue weighted by atomic mass is 10.2. The van der Waals surface area contributed by atoms with Crippen molar-refractivity contribution in [2.24, 2.45) is 0 Å². The minimum Gasteiger partial charge on any atom is -0.469 e. The summed E-state index contributed by atoms with van der Waals surface area (Å²) in [6, 6.07) is 1.29. The lowest BCUT2D eigenvalue weighted by Crippen LogP contribution is -2.46. The van der Waals surface area contributed by atoms with Crippen LogP contribution in [0, 0.1) is 0 Å². The molecule has 0 unspecified atom stereocenters. The Labute approximate surface area is 110 Å². The third-order valence-electron chi connectivity index (χ3n) is 2.27. The zero-order chi connectivity index (χ0) is 15.4. The van der Waals surface area contributed by atoms with E-state index in [1.54, 1.807) is 6.92 Å². The number of nitrogens with zero attached hydrogens (tertiary/aromatic N) is 1. The molecule has 0 aliphatic rings. The summed E-state index contributed by atoms with van der Waals surface area (Å²) >= 11 is 0. The maximum Gasteiger partial charge on any atom is 0.434 e. The average Bonchev–Trinajstić information content (AvgIpc) is 2.31. The van der Waals surface area contributed by atoms with Gasteiger partial charge in [0.1, 0.15) is 5.75 Å². The molecule has 9 heteroatoms. The zero-order valence-electron chi connectivity index (χ0n) is 10.3. The van der Waals surface area contributed by atoms with Gasteiger partial charge in [-0.25, -0.2) is 0 Å². The molecule has 1 aromatic rings. The number of hydrogen-bond donors (Lipinski definition) is 1. The van der Waals surface area contributed by atoms with Gasteiger partial charge in [-0.1, -0.05) is 6.92 Å². The largest absolute Gasteiger partial charge is 0.469 e. The highest BCUT2D eigenvalue weighted by Gasteiger charge is 2.59. The molecule has 0 bridgehead atoms. The normalized spacial score (nSPS) is 12.8. The summed E-state index contributed by atoms with van der Waals surface area (Å²) in [6.45, 7) is 2.33. The Bertz CT molecular complexity index is 418. The number of nitrogens with one attached hydrogen (secondary N) is 1. The van der Waals surface area contributed by atoms with Crippen LogP contribution in [0.25, 0.3) is 0 Å². The van der Waals surface area contributed by atoms with Crippen LogP contribution in [0.5, 0.6) is 5.75 Å². The fourth-order valence-electron chi connectivity index (χ4n) is 1.37. The van der Waals surface area contributed by atoms with Crippen LogP contribution in [0.2, 0.25) is 0 Å². The monoisotopic (exact) mass is 302 g/mol. The molecule has 0 fully saturated rings. The molecule has 1 N–H and O–H groups in total. The number of ether oxygens (including phenoxy) is 1. The molecule has 1 aromatic heterocycles. The molecule has 20 heavy (non-hydrogen) atoms. The van der Waals surface area contributed by atoms with Crippen molar-refractivity contribution in [2.75, 3.05) is 6.54 Å². The van der Waals surface area contributed by atoms with Crippen molar-refractivity contribution >= 4 is 0 Å². The van der Waals surface area contributed by atoms with Crippen molar-refractivity contribution in [3.8, 4) is 5.75 Å². The smallest absolute Gasteiger partial charge is 0.434 e. The number of aromatic nitrogens is 1. The minimum absolute atomic E-state index is 0.0801. The Kier molecular flexibility index (Phi) is 5.21. The molecule has 0 aliphatic heterocycles. The maximum atomic E-state index is 12.4. The van der Waals surface area contributed by atoms with Crippen LogP contribution in [-0.2, 0) is 6.54 Å². The van der Waals surface area contributed by atoms with Crippen LogP contribution < -0.4 is 10.1 Å². The summed E-state index contributed by atoms with van der Waals surface area (Å²) in [4.78, 5) is 3.48. The van der Waals surface area contributed by atoms with Crippen LogP contribution in [-0.4, -0.2) is 30.0 Å². The van der Waals surface area contributed by atoms with Gasteiger partial charge in [0.15, 0.2) is 0 Å². The van der Waals surface area contributed by atoms with Crippen LogP contribution in [0.3, 0.4) is 0 Å². The molecule has 0 amide bonds. The zero-order valence-corrected chi connectivity index (χ0v) is 10.3. The topological polar surface area (TPSA) is 34.2 Å². The van der Waals surface area contributed by atoms with Crippen molar-refractivity contribution < 1.29 is 31.1 Å². The molecule has 0 aliphatic carbocycles. The highest BCUT2D eigenvalue weighted by molar-refractivity contribution is 5.30. The molecule has 0 radical (unpaired) electrons. The quantitative estimate of drug-likeness (QED) is 0.849. The van der Waals surface area contributed by atoms with Crippen LogP contribution >= 0.6 is 0 Å². The molecule has 1 rings (SSSR count). The molecule has 0 saturated heterocycles. The Hall–Kier alpha value is -1.51. The van der Waals surface area contributed by atoms with E-state index in [9.17, 15) is 26.3 Å². The first-order valence-electron chi connectivity index (χ1n) is 5.60. The third-order valence-corrected chi connectivity index (χ3v) is 2.27. The van der Waals surface area contributed by atoms with E-state index < -0.39 is 24.2 Å². The molecule has 0 atom stereocenters. The second kappa shape index (κ2) is 6.29. The fraction of sp³-hybridized carbons (Fsp3) is 0.545. The fourth-order valence-corrected chi connectivity index (χ4v) is 1.37. The lowest BCUT2D eigenvalue weighted by molar-refractivity contribution is -0.300. The lowest BCUT2D eigenvalue weighted by Gasteiger charge is -2.24. The first kappa shape index (κ1) is 16.5. The first-order valence-corrected chi connectivity index (χ1v) is 5.60. The van der Waals surface area contributed by atoms with Crippen molar-refractivity contribution in [3.05, 3.63) is 24.0 Å². The third kappa shape index (κ3) is 4.55. The van der Waals surface area contributed by atoms with E-state index >= 15 is 0 Å². The Morgan fingerprint density at radius 1 is 1.20 bits per heavy atom. The van der Waals surface area contributed by atoms with Crippen molar-refractivity contribution in [1.82, 2.24) is 10.3 Å². The summed E-state index contributed by atoms with van der Waals surface area (Å²) < 4.78 is 78.5. The average molecular weight is 302 g/mol. The van der Waals surface area contributed by atoms with Crippen LogP contribution in [0.15, 0.2) is 18.5 Å². The summed E-state index contributed by atoms with van der Waals surface area (Å²) in [7, 11) is 0. The number of halogens is 6. The highest BCUT2D eigenvalue weighted by Crippen LogP contribution is 2.37. The summed E-state index contributed by atoms with van der Waals surface area (Å²) in [5.74, 6) is -0.548. The van der Waals surface area contributed by atoms with Gasteiger partial charge in [0.05, 0.1) is 6.20 Å². The molecular weight excluding hydrogens is 290 g/mol. The van der Waals surface area contributed by atoms with Gasteiger partial charge < -0.3 is 10.1 Å². The van der Waals surface area contributed by atoms with Gasteiger partial charge in [-0.15, -0.1) is 0 Å². The van der Waals surface area contributed by atoms with E-state index in [0.717, 1.165) is 6.20 Å². The molecule has 0 spiro atoms. The first-order chi connectivity index (χ1) is 9.16. The van der Waals surface area contributed by atoms with Crippen molar-refractivity contribution in [1.29, 1.82) is 0 Å². The Morgan fingerprint density at radius 3 is 2.30 bits per heavy atom. The molecular formula is C11H12F6N2O. The van der Waals surface area contributed by atoms with Gasteiger partial charge in [0.2, 0.25) is 0 Å². The Balaban J connectivity index is 3.00. The minimum atomic E-state index is -5.55. The summed E-state index contributed by atoms with van der Waals surface area (Å²) in [6.07, 6.45) is -12.9. The van der Waals surface area contributed by atoms with E-state index in [2.05, 4.69) is 15.0 Å². The predicted molar refractivity (Wildman–Crippen MR) is 58.1 cm³/mol. The van der Waals surface area contributed by atoms with E-state index in [4.69, 9.17) is 0 Å². The molecule has 1 heterocycles. The molecule has 0 aromatic carbocycles. The van der Waals surface area contributed by atoms with Crippen molar-refractivity contribution in [2.45, 2.75) is 31.9 Å². The molecule has 0 saturated carbocycles. The van der Waals surface area contributed by atoms with Gasteiger partial charge in [-0.05, 0) is 12.6 Å². The van der Waals surface area contributed by atoms with E-state index in [-0.39, 0.29) is 12.1 Å². The van der Waals surface area contributed by atoms with E-state index in [0.29, 0.717) is 6.54 Å². The van der Waals surface area contributed by atoms with Crippen LogP contribution in [0.4, 0.5) is 26.3 Å². The van der Waals surface area contributed by atoms with Gasteiger partial charge in [-0.2, -0.15) is 26.3 Å².